The number of rotatable bonds is 5. The molecule has 4 nitrogen and oxygen atoms in total. The number of amides is 1. The monoisotopic (exact) mass is 274 g/mol. The Labute approximate surface area is 113 Å². The molecule has 18 heavy (non-hydrogen) atoms. The Morgan fingerprint density at radius 1 is 1.33 bits per heavy atom. The first-order valence-corrected chi connectivity index (χ1v) is 8.34. The fourth-order valence-corrected chi connectivity index (χ4v) is 2.94. The van der Waals surface area contributed by atoms with Gasteiger partial charge in [0.05, 0.1) is 6.04 Å². The Morgan fingerprint density at radius 3 is 2.28 bits per heavy atom. The van der Waals surface area contributed by atoms with Crippen molar-refractivity contribution < 1.29 is 9.00 Å². The lowest BCUT2D eigenvalue weighted by atomic mass is 10.2. The summed E-state index contributed by atoms with van der Waals surface area (Å²) in [5.74, 6) is 0.0490. The fourth-order valence-electron chi connectivity index (χ4n) is 2.62. The molecule has 1 fully saturated rings. The highest BCUT2D eigenvalue weighted by Crippen LogP contribution is 2.25. The summed E-state index contributed by atoms with van der Waals surface area (Å²) in [6, 6.07) is 0.840. The first-order valence-electron chi connectivity index (χ1n) is 6.72. The zero-order chi connectivity index (χ0) is 13.9. The Hall–Kier alpha value is -0.420. The predicted molar refractivity (Wildman–Crippen MR) is 76.0 cm³/mol. The summed E-state index contributed by atoms with van der Waals surface area (Å²) in [6.45, 7) is 8.69. The molecule has 5 atom stereocenters. The van der Waals surface area contributed by atoms with Crippen molar-refractivity contribution in [1.29, 1.82) is 0 Å². The minimum absolute atomic E-state index is 0.00887. The molecule has 0 radical (unpaired) electrons. The number of carbonyl (C=O) groups is 1. The number of likely N-dealkylation sites (tertiary alicyclic amines) is 1. The molecule has 1 N–H and O–H groups in total. The van der Waals surface area contributed by atoms with Crippen molar-refractivity contribution in [1.82, 2.24) is 10.2 Å². The minimum atomic E-state index is -0.884. The zero-order valence-corrected chi connectivity index (χ0v) is 12.9. The third kappa shape index (κ3) is 3.79. The molecular formula is C13H26N2O2S. The smallest absolute Gasteiger partial charge is 0.237 e. The van der Waals surface area contributed by atoms with Crippen LogP contribution in [0, 0.1) is 0 Å². The topological polar surface area (TPSA) is 49.4 Å². The molecule has 0 aromatic rings. The second-order valence-electron chi connectivity index (χ2n) is 5.45. The highest BCUT2D eigenvalue weighted by molar-refractivity contribution is 7.84. The Morgan fingerprint density at radius 2 is 1.83 bits per heavy atom. The van der Waals surface area contributed by atoms with Crippen LogP contribution in [0.1, 0.15) is 40.5 Å². The largest absolute Gasteiger partial charge is 0.354 e. The fraction of sp³-hybridized carbons (Fsp3) is 0.923. The van der Waals surface area contributed by atoms with Gasteiger partial charge in [0.25, 0.3) is 0 Å². The van der Waals surface area contributed by atoms with Gasteiger partial charge in [-0.3, -0.25) is 13.9 Å². The van der Waals surface area contributed by atoms with Crippen molar-refractivity contribution in [3.8, 4) is 0 Å². The molecule has 1 amide bonds. The van der Waals surface area contributed by atoms with Crippen molar-refractivity contribution >= 4 is 16.7 Å². The van der Waals surface area contributed by atoms with Gasteiger partial charge in [-0.15, -0.1) is 0 Å². The van der Waals surface area contributed by atoms with Gasteiger partial charge in [0.2, 0.25) is 5.91 Å². The second-order valence-corrected chi connectivity index (χ2v) is 7.25. The SMILES string of the molecule is C[C@@H]1CC[C@H](C)N1[C@H](C)C(=O)NC[C@@H](C)[S@](C)=O. The third-order valence-corrected chi connectivity index (χ3v) is 5.28. The van der Waals surface area contributed by atoms with Crippen LogP contribution < -0.4 is 5.32 Å². The van der Waals surface area contributed by atoms with Crippen LogP contribution in [0.15, 0.2) is 0 Å². The van der Waals surface area contributed by atoms with Gasteiger partial charge in [-0.25, -0.2) is 0 Å². The summed E-state index contributed by atoms with van der Waals surface area (Å²) in [5, 5.41) is 2.92. The summed E-state index contributed by atoms with van der Waals surface area (Å²) in [7, 11) is -0.884. The Kier molecular flexibility index (Phi) is 5.79. The van der Waals surface area contributed by atoms with E-state index in [1.54, 1.807) is 6.26 Å². The summed E-state index contributed by atoms with van der Waals surface area (Å²) in [5.41, 5.74) is 0. The van der Waals surface area contributed by atoms with E-state index in [9.17, 15) is 9.00 Å². The maximum atomic E-state index is 12.1. The van der Waals surface area contributed by atoms with Gasteiger partial charge in [-0.2, -0.15) is 0 Å². The molecule has 106 valence electrons. The van der Waals surface area contributed by atoms with Gasteiger partial charge < -0.3 is 5.32 Å². The van der Waals surface area contributed by atoms with E-state index < -0.39 is 10.8 Å². The molecule has 0 spiro atoms. The van der Waals surface area contributed by atoms with Crippen molar-refractivity contribution in [3.63, 3.8) is 0 Å². The van der Waals surface area contributed by atoms with Gasteiger partial charge in [0.1, 0.15) is 0 Å². The van der Waals surface area contributed by atoms with E-state index in [2.05, 4.69) is 24.1 Å². The average Bonchev–Trinajstić information content (AvgIpc) is 2.64. The van der Waals surface area contributed by atoms with Gasteiger partial charge >= 0.3 is 0 Å². The Bertz CT molecular complexity index is 312. The molecule has 0 unspecified atom stereocenters. The third-order valence-electron chi connectivity index (χ3n) is 3.98. The van der Waals surface area contributed by atoms with Gasteiger partial charge in [0.15, 0.2) is 0 Å². The van der Waals surface area contributed by atoms with E-state index in [-0.39, 0.29) is 17.2 Å². The van der Waals surface area contributed by atoms with Gasteiger partial charge in [-0.1, -0.05) is 0 Å². The van der Waals surface area contributed by atoms with E-state index >= 15 is 0 Å². The minimum Gasteiger partial charge on any atom is -0.354 e. The van der Waals surface area contributed by atoms with Crippen LogP contribution in [-0.4, -0.2) is 51.2 Å². The van der Waals surface area contributed by atoms with Crippen LogP contribution in [0.25, 0.3) is 0 Å². The Balaban J connectivity index is 2.48. The van der Waals surface area contributed by atoms with E-state index in [1.165, 1.54) is 0 Å². The van der Waals surface area contributed by atoms with E-state index in [0.717, 1.165) is 12.8 Å². The van der Waals surface area contributed by atoms with E-state index in [4.69, 9.17) is 0 Å². The standard InChI is InChI=1S/C13H26N2O2S/c1-9-6-7-10(2)15(9)12(4)13(16)14-8-11(3)18(5)17/h9-12H,6-8H2,1-5H3,(H,14,16)/t9-,10+,11-,12-,18+/m1/s1. The number of hydrogen-bond donors (Lipinski definition) is 1. The van der Waals surface area contributed by atoms with Crippen LogP contribution >= 0.6 is 0 Å². The first kappa shape index (κ1) is 15.6. The number of nitrogens with one attached hydrogen (secondary N) is 1. The van der Waals surface area contributed by atoms with Crippen LogP contribution in [0.5, 0.6) is 0 Å². The van der Waals surface area contributed by atoms with Crippen LogP contribution in [0.2, 0.25) is 0 Å². The second kappa shape index (κ2) is 6.66. The van der Waals surface area contributed by atoms with E-state index in [1.807, 2.05) is 13.8 Å². The molecule has 1 aliphatic heterocycles. The highest BCUT2D eigenvalue weighted by atomic mass is 32.2. The normalized spacial score (nSPS) is 29.8. The summed E-state index contributed by atoms with van der Waals surface area (Å²) in [4.78, 5) is 14.4. The lowest BCUT2D eigenvalue weighted by Crippen LogP contribution is -2.50. The summed E-state index contributed by atoms with van der Waals surface area (Å²) in [6.07, 6.45) is 3.99. The molecule has 1 saturated heterocycles. The van der Waals surface area contributed by atoms with Gasteiger partial charge in [-0.05, 0) is 40.5 Å². The van der Waals surface area contributed by atoms with Crippen LogP contribution in [-0.2, 0) is 15.6 Å². The molecular weight excluding hydrogens is 248 g/mol. The quantitative estimate of drug-likeness (QED) is 0.817. The van der Waals surface area contributed by atoms with Crippen molar-refractivity contribution in [2.24, 2.45) is 0 Å². The lowest BCUT2D eigenvalue weighted by Gasteiger charge is -2.31. The first-order chi connectivity index (χ1) is 8.34. The molecule has 1 rings (SSSR count). The summed E-state index contributed by atoms with van der Waals surface area (Å²) >= 11 is 0. The molecule has 0 aliphatic carbocycles. The van der Waals surface area contributed by atoms with Crippen LogP contribution in [0.4, 0.5) is 0 Å². The maximum Gasteiger partial charge on any atom is 0.237 e. The zero-order valence-electron chi connectivity index (χ0n) is 12.1. The number of hydrogen-bond acceptors (Lipinski definition) is 3. The van der Waals surface area contributed by atoms with Crippen LogP contribution in [0.3, 0.4) is 0 Å². The van der Waals surface area contributed by atoms with Crippen molar-refractivity contribution in [2.75, 3.05) is 12.8 Å². The molecule has 0 saturated carbocycles. The highest BCUT2D eigenvalue weighted by Gasteiger charge is 2.34. The molecule has 5 heteroatoms. The van der Waals surface area contributed by atoms with Gasteiger partial charge in [0, 0.05) is 40.9 Å². The molecule has 0 aromatic heterocycles. The molecule has 1 heterocycles. The number of carbonyl (C=O) groups excluding carboxylic acids is 1. The summed E-state index contributed by atoms with van der Waals surface area (Å²) < 4.78 is 11.2. The van der Waals surface area contributed by atoms with Crippen molar-refractivity contribution in [3.05, 3.63) is 0 Å². The number of nitrogens with zero attached hydrogens (tertiary/aromatic N) is 1. The van der Waals surface area contributed by atoms with Crippen molar-refractivity contribution in [2.45, 2.75) is 63.9 Å². The van der Waals surface area contributed by atoms with E-state index in [0.29, 0.717) is 18.6 Å². The molecule has 1 aliphatic rings. The average molecular weight is 274 g/mol. The molecule has 0 bridgehead atoms. The molecule has 0 aromatic carbocycles. The maximum absolute atomic E-state index is 12.1. The predicted octanol–water partition coefficient (Wildman–Crippen LogP) is 1.13. The lowest BCUT2D eigenvalue weighted by molar-refractivity contribution is -0.126.